The molecule has 3 amide bonds. The molecule has 1 saturated carbocycles. The Labute approximate surface area is 185 Å². The highest BCUT2D eigenvalue weighted by Gasteiger charge is 2.23. The number of nitrogens with zero attached hydrogens (tertiary/aromatic N) is 3. The first kappa shape index (κ1) is 21.4. The molecule has 162 valence electrons. The van der Waals surface area contributed by atoms with Gasteiger partial charge >= 0.3 is 6.03 Å². The molecule has 30 heavy (non-hydrogen) atoms. The zero-order chi connectivity index (χ0) is 21.1. The summed E-state index contributed by atoms with van der Waals surface area (Å²) < 4.78 is 1.94. The fraction of sp³-hybridized carbons (Fsp3) is 0.619. The maximum Gasteiger partial charge on any atom is 0.321 e. The number of amides is 3. The van der Waals surface area contributed by atoms with E-state index in [-0.39, 0.29) is 17.7 Å². The molecule has 2 aromatic rings. The normalized spacial score (nSPS) is 18.9. The summed E-state index contributed by atoms with van der Waals surface area (Å²) in [5.41, 5.74) is 1.46. The highest BCUT2D eigenvalue weighted by Crippen LogP contribution is 2.38. The second-order valence-electron chi connectivity index (χ2n) is 8.23. The summed E-state index contributed by atoms with van der Waals surface area (Å²) in [6, 6.07) is 2.05. The van der Waals surface area contributed by atoms with Gasteiger partial charge in [0, 0.05) is 18.0 Å². The largest absolute Gasteiger partial charge is 0.335 e. The summed E-state index contributed by atoms with van der Waals surface area (Å²) in [4.78, 5) is 26.7. The van der Waals surface area contributed by atoms with Gasteiger partial charge in [-0.2, -0.15) is 0 Å². The Morgan fingerprint density at radius 1 is 1.27 bits per heavy atom. The standard InChI is InChI=1S/C21H29N5O2S2/c1-3-13-8-9-16-14(10-13)11-17(30-16)19-24-25-21(26(19)2)29-12-18(27)23-20(28)22-15-6-4-5-7-15/h11,13,15H,3-10,12H2,1-2H3,(H2,22,23,27,28). The molecule has 0 aliphatic heterocycles. The Kier molecular flexibility index (Phi) is 6.77. The molecule has 7 nitrogen and oxygen atoms in total. The first-order valence-corrected chi connectivity index (χ1v) is 12.6. The predicted molar refractivity (Wildman–Crippen MR) is 120 cm³/mol. The smallest absolute Gasteiger partial charge is 0.321 e. The van der Waals surface area contributed by atoms with E-state index < -0.39 is 6.03 Å². The van der Waals surface area contributed by atoms with Crippen LogP contribution in [0.15, 0.2) is 11.2 Å². The van der Waals surface area contributed by atoms with Gasteiger partial charge in [-0.3, -0.25) is 10.1 Å². The van der Waals surface area contributed by atoms with Crippen LogP contribution in [0.2, 0.25) is 0 Å². The Morgan fingerprint density at radius 2 is 2.07 bits per heavy atom. The Bertz CT molecular complexity index is 917. The van der Waals surface area contributed by atoms with Crippen molar-refractivity contribution in [1.29, 1.82) is 0 Å². The van der Waals surface area contributed by atoms with Gasteiger partial charge in [0.15, 0.2) is 11.0 Å². The van der Waals surface area contributed by atoms with Gasteiger partial charge in [0.25, 0.3) is 0 Å². The van der Waals surface area contributed by atoms with Crippen LogP contribution < -0.4 is 10.6 Å². The van der Waals surface area contributed by atoms with E-state index in [2.05, 4.69) is 33.8 Å². The number of fused-ring (bicyclic) bond motifs is 1. The lowest BCUT2D eigenvalue weighted by Gasteiger charge is -2.19. The van der Waals surface area contributed by atoms with Crippen LogP contribution in [0.25, 0.3) is 10.7 Å². The number of thiophene rings is 1. The van der Waals surface area contributed by atoms with Crippen LogP contribution in [0.5, 0.6) is 0 Å². The number of hydrogen-bond donors (Lipinski definition) is 2. The predicted octanol–water partition coefficient (Wildman–Crippen LogP) is 3.92. The highest BCUT2D eigenvalue weighted by atomic mass is 32.2. The maximum absolute atomic E-state index is 12.1. The van der Waals surface area contributed by atoms with Crippen LogP contribution in [0, 0.1) is 5.92 Å². The van der Waals surface area contributed by atoms with Gasteiger partial charge in [0.1, 0.15) is 0 Å². The van der Waals surface area contributed by atoms with Crippen molar-refractivity contribution in [1.82, 2.24) is 25.4 Å². The highest BCUT2D eigenvalue weighted by molar-refractivity contribution is 7.99. The van der Waals surface area contributed by atoms with Crippen molar-refractivity contribution < 1.29 is 9.59 Å². The second-order valence-corrected chi connectivity index (χ2v) is 10.3. The molecule has 1 fully saturated rings. The van der Waals surface area contributed by atoms with Crippen LogP contribution in [0.3, 0.4) is 0 Å². The summed E-state index contributed by atoms with van der Waals surface area (Å²) in [5, 5.41) is 14.6. The van der Waals surface area contributed by atoms with E-state index in [4.69, 9.17) is 0 Å². The number of urea groups is 1. The number of aryl methyl sites for hydroxylation is 1. The van der Waals surface area contributed by atoms with Crippen LogP contribution in [0.4, 0.5) is 4.79 Å². The molecule has 0 bridgehead atoms. The molecule has 1 unspecified atom stereocenters. The van der Waals surface area contributed by atoms with Crippen molar-refractivity contribution in [3.63, 3.8) is 0 Å². The monoisotopic (exact) mass is 447 g/mol. The van der Waals surface area contributed by atoms with Gasteiger partial charge in [0.2, 0.25) is 5.91 Å². The number of carbonyl (C=O) groups excluding carboxylic acids is 2. The Hall–Kier alpha value is -1.87. The topological polar surface area (TPSA) is 88.9 Å². The second kappa shape index (κ2) is 9.51. The summed E-state index contributed by atoms with van der Waals surface area (Å²) in [5.74, 6) is 1.43. The zero-order valence-electron chi connectivity index (χ0n) is 17.6. The molecule has 0 spiro atoms. The van der Waals surface area contributed by atoms with E-state index in [1.807, 2.05) is 23.0 Å². The summed E-state index contributed by atoms with van der Waals surface area (Å²) in [7, 11) is 1.93. The maximum atomic E-state index is 12.1. The fourth-order valence-corrected chi connectivity index (χ4v) is 6.24. The number of imide groups is 1. The average molecular weight is 448 g/mol. The van der Waals surface area contributed by atoms with E-state index in [1.165, 1.54) is 35.0 Å². The lowest BCUT2D eigenvalue weighted by Crippen LogP contribution is -2.44. The number of thioether (sulfide) groups is 1. The molecule has 2 aliphatic rings. The first-order valence-electron chi connectivity index (χ1n) is 10.8. The van der Waals surface area contributed by atoms with Gasteiger partial charge in [-0.15, -0.1) is 21.5 Å². The van der Waals surface area contributed by atoms with E-state index in [1.54, 1.807) is 0 Å². The Balaban J connectivity index is 1.33. The minimum Gasteiger partial charge on any atom is -0.335 e. The molecule has 2 aliphatic carbocycles. The number of aromatic nitrogens is 3. The van der Waals surface area contributed by atoms with E-state index >= 15 is 0 Å². The molecular formula is C21H29N5O2S2. The third kappa shape index (κ3) is 4.88. The van der Waals surface area contributed by atoms with E-state index in [0.29, 0.717) is 5.16 Å². The third-order valence-corrected chi connectivity index (χ3v) is 8.35. The van der Waals surface area contributed by atoms with Crippen LogP contribution in [-0.4, -0.2) is 38.5 Å². The van der Waals surface area contributed by atoms with Gasteiger partial charge in [-0.25, -0.2) is 4.79 Å². The number of carbonyl (C=O) groups is 2. The van der Waals surface area contributed by atoms with Crippen LogP contribution >= 0.6 is 23.1 Å². The van der Waals surface area contributed by atoms with Crippen molar-refractivity contribution in [2.24, 2.45) is 13.0 Å². The fourth-order valence-electron chi connectivity index (χ4n) is 4.30. The van der Waals surface area contributed by atoms with E-state index in [0.717, 1.165) is 55.1 Å². The molecule has 0 radical (unpaired) electrons. The lowest BCUT2D eigenvalue weighted by molar-refractivity contribution is -0.117. The van der Waals surface area contributed by atoms with Gasteiger partial charge < -0.3 is 9.88 Å². The minimum atomic E-state index is -0.402. The van der Waals surface area contributed by atoms with Gasteiger partial charge in [-0.05, 0) is 49.7 Å². The summed E-state index contributed by atoms with van der Waals surface area (Å²) >= 11 is 3.11. The quantitative estimate of drug-likeness (QED) is 0.655. The van der Waals surface area contributed by atoms with Crippen LogP contribution in [-0.2, 0) is 24.7 Å². The Morgan fingerprint density at radius 3 is 2.83 bits per heavy atom. The minimum absolute atomic E-state index is 0.128. The van der Waals surface area contributed by atoms with Gasteiger partial charge in [0.05, 0.1) is 10.6 Å². The molecule has 9 heteroatoms. The van der Waals surface area contributed by atoms with Crippen molar-refractivity contribution in [2.75, 3.05) is 5.75 Å². The molecule has 0 saturated heterocycles. The molecular weight excluding hydrogens is 418 g/mol. The van der Waals surface area contributed by atoms with Crippen molar-refractivity contribution >= 4 is 35.0 Å². The molecule has 2 N–H and O–H groups in total. The first-order chi connectivity index (χ1) is 14.5. The van der Waals surface area contributed by atoms with Crippen molar-refractivity contribution in [3.05, 3.63) is 16.5 Å². The van der Waals surface area contributed by atoms with Gasteiger partial charge in [-0.1, -0.05) is 37.9 Å². The molecule has 4 rings (SSSR count). The lowest BCUT2D eigenvalue weighted by atomic mass is 9.87. The number of hydrogen-bond acceptors (Lipinski definition) is 6. The number of nitrogens with one attached hydrogen (secondary N) is 2. The molecule has 2 heterocycles. The zero-order valence-corrected chi connectivity index (χ0v) is 19.2. The molecule has 0 aromatic carbocycles. The van der Waals surface area contributed by atoms with Crippen LogP contribution in [0.1, 0.15) is 55.9 Å². The molecule has 1 atom stereocenters. The third-order valence-electron chi connectivity index (χ3n) is 6.09. The van der Waals surface area contributed by atoms with E-state index in [9.17, 15) is 9.59 Å². The van der Waals surface area contributed by atoms with Crippen molar-refractivity contribution in [3.8, 4) is 10.7 Å². The average Bonchev–Trinajstić information content (AvgIpc) is 3.45. The number of rotatable bonds is 6. The summed E-state index contributed by atoms with van der Waals surface area (Å²) in [6.45, 7) is 2.27. The molecule has 2 aromatic heterocycles. The van der Waals surface area contributed by atoms with Crippen molar-refractivity contribution in [2.45, 2.75) is 69.5 Å². The summed E-state index contributed by atoms with van der Waals surface area (Å²) in [6.07, 6.45) is 9.06. The SMILES string of the molecule is CCC1CCc2sc(-c3nnc(SCC(=O)NC(=O)NC4CCCC4)n3C)cc2C1.